The molecule has 0 nitrogen and oxygen atoms in total. The summed E-state index contributed by atoms with van der Waals surface area (Å²) in [6, 6.07) is 0. The molecule has 0 aromatic heterocycles. The Morgan fingerprint density at radius 2 is 1.86 bits per heavy atom. The summed E-state index contributed by atoms with van der Waals surface area (Å²) in [5, 5.41) is 0. The Bertz CT molecular complexity index is 29.6. The van der Waals surface area contributed by atoms with E-state index in [1.165, 1.54) is 12.8 Å². The van der Waals surface area contributed by atoms with Crippen LogP contribution in [0.1, 0.15) is 26.7 Å². The third-order valence-corrected chi connectivity index (χ3v) is 11.4. The molecule has 0 spiro atoms. The van der Waals surface area contributed by atoms with E-state index in [0.29, 0.717) is 0 Å². The van der Waals surface area contributed by atoms with Crippen LogP contribution in [0, 0.1) is 0 Å². The van der Waals surface area contributed by atoms with Gasteiger partial charge in [0.25, 0.3) is 0 Å². The van der Waals surface area contributed by atoms with Crippen molar-refractivity contribution in [1.82, 2.24) is 0 Å². The summed E-state index contributed by atoms with van der Waals surface area (Å²) in [7, 11) is 5.79. The molecule has 0 bridgehead atoms. The minimum absolute atomic E-state index is 0.816. The molecule has 0 saturated carbocycles. The fourth-order valence-electron chi connectivity index (χ4n) is 0.507. The van der Waals surface area contributed by atoms with Gasteiger partial charge in [-0.05, 0) is 0 Å². The second kappa shape index (κ2) is 5.36. The van der Waals surface area contributed by atoms with Crippen LogP contribution in [0.25, 0.3) is 0 Å². The van der Waals surface area contributed by atoms with Crippen LogP contribution >= 0.6 is 8.25 Å². The van der Waals surface area contributed by atoms with Crippen molar-refractivity contribution in [3.05, 3.63) is 0 Å². The van der Waals surface area contributed by atoms with Crippen LogP contribution in [-0.2, 0) is 23.3 Å². The first-order chi connectivity index (χ1) is 3.35. The summed E-state index contributed by atoms with van der Waals surface area (Å²) < 4.78 is 0.974. The van der Waals surface area contributed by atoms with Crippen molar-refractivity contribution < 1.29 is 23.3 Å². The number of halogens is 1. The second-order valence-electron chi connectivity index (χ2n) is 1.84. The summed E-state index contributed by atoms with van der Waals surface area (Å²) in [6.45, 7) is 4.47. The quantitative estimate of drug-likeness (QED) is 0.703. The zero-order valence-corrected chi connectivity index (χ0v) is 11.3. The van der Waals surface area contributed by atoms with E-state index in [-0.39, 0.29) is 0 Å². The van der Waals surface area contributed by atoms with Gasteiger partial charge in [0.2, 0.25) is 0 Å². The number of hydrogen-bond donors (Lipinski definition) is 0. The van der Waals surface area contributed by atoms with Crippen LogP contribution < -0.4 is 0 Å². The van der Waals surface area contributed by atoms with Gasteiger partial charge in [0.05, 0.1) is 0 Å². The second-order valence-corrected chi connectivity index (χ2v) is 10.2. The third kappa shape index (κ3) is 3.78. The Hall–Kier alpha value is 1.23. The van der Waals surface area contributed by atoms with Gasteiger partial charge in [-0.15, -0.1) is 0 Å². The van der Waals surface area contributed by atoms with Gasteiger partial charge >= 0.3 is 61.7 Å². The Morgan fingerprint density at radius 3 is 1.86 bits per heavy atom. The van der Waals surface area contributed by atoms with Crippen molar-refractivity contribution in [2.24, 2.45) is 0 Å². The summed E-state index contributed by atoms with van der Waals surface area (Å²) >= 11 is -0.816. The molecule has 0 aromatic carbocycles. The maximum atomic E-state index is 5.79. The zero-order valence-electron chi connectivity index (χ0n) is 5.08. The van der Waals surface area contributed by atoms with Crippen LogP contribution in [0.2, 0.25) is 3.43 Å². The molecule has 7 heavy (non-hydrogen) atoms. The molecule has 2 heteroatoms. The number of rotatable bonds is 3. The average molecular weight is 307 g/mol. The summed E-state index contributed by atoms with van der Waals surface area (Å²) in [4.78, 5) is 0. The molecule has 0 radical (unpaired) electrons. The van der Waals surface area contributed by atoms with E-state index < -0.39 is 23.3 Å². The van der Waals surface area contributed by atoms with E-state index in [9.17, 15) is 0 Å². The summed E-state index contributed by atoms with van der Waals surface area (Å²) in [6.07, 6.45) is 2.64. The van der Waals surface area contributed by atoms with Crippen molar-refractivity contribution >= 4 is 8.25 Å². The normalized spacial score (nSPS) is 9.14. The van der Waals surface area contributed by atoms with Gasteiger partial charge < -0.3 is 0 Å². The molecule has 0 aliphatic heterocycles. The summed E-state index contributed by atoms with van der Waals surface area (Å²) in [5.41, 5.74) is 0. The van der Waals surface area contributed by atoms with Gasteiger partial charge in [-0.25, -0.2) is 0 Å². The van der Waals surface area contributed by atoms with E-state index in [1.54, 1.807) is 0 Å². The maximum absolute atomic E-state index is 5.79. The average Bonchev–Trinajstić information content (AvgIpc) is 1.72. The molecule has 0 unspecified atom stereocenters. The predicted octanol–water partition coefficient (Wildman–Crippen LogP) is 2.83. The first-order valence-corrected chi connectivity index (χ1v) is 12.8. The SMILES string of the molecule is CC[CH](CC)[Hg][Cl]. The molecule has 0 atom stereocenters. The predicted molar refractivity (Wildman–Crippen MR) is 30.2 cm³/mol. The molecular weight excluding hydrogens is 296 g/mol. The van der Waals surface area contributed by atoms with Crippen LogP contribution in [0.4, 0.5) is 0 Å². The van der Waals surface area contributed by atoms with Crippen molar-refractivity contribution in [3.63, 3.8) is 0 Å². The molecule has 40 valence electrons. The first kappa shape index (κ1) is 8.23. The van der Waals surface area contributed by atoms with Gasteiger partial charge in [-0.3, -0.25) is 0 Å². The van der Waals surface area contributed by atoms with Crippen molar-refractivity contribution in [1.29, 1.82) is 0 Å². The molecule has 0 amide bonds. The third-order valence-electron chi connectivity index (χ3n) is 1.37. The molecule has 0 fully saturated rings. The molecule has 0 heterocycles. The van der Waals surface area contributed by atoms with Gasteiger partial charge in [0.15, 0.2) is 0 Å². The Morgan fingerprint density at radius 1 is 1.43 bits per heavy atom. The Kier molecular flexibility index (Phi) is 6.30. The molecule has 0 aromatic rings. The Balaban J connectivity index is 2.99. The van der Waals surface area contributed by atoms with E-state index in [4.69, 9.17) is 8.25 Å². The molecule has 0 aliphatic carbocycles. The van der Waals surface area contributed by atoms with E-state index in [1.807, 2.05) is 0 Å². The van der Waals surface area contributed by atoms with Crippen LogP contribution in [0.3, 0.4) is 0 Å². The standard InChI is InChI=1S/C5H11.ClH.Hg/c1-3-5-4-2;;/h5H,3-4H2,1-2H3;1H;/q;;+1/p-1. The van der Waals surface area contributed by atoms with Gasteiger partial charge in [0.1, 0.15) is 0 Å². The fourth-order valence-corrected chi connectivity index (χ4v) is 6.03. The van der Waals surface area contributed by atoms with Crippen molar-refractivity contribution in [2.75, 3.05) is 0 Å². The first-order valence-electron chi connectivity index (χ1n) is 2.91. The Labute approximate surface area is 61.5 Å². The molecular formula is C5H11ClHg. The van der Waals surface area contributed by atoms with Crippen molar-refractivity contribution in [3.8, 4) is 0 Å². The fraction of sp³-hybridized carbons (Fsp3) is 1.00. The van der Waals surface area contributed by atoms with Gasteiger partial charge in [0, 0.05) is 0 Å². The van der Waals surface area contributed by atoms with Crippen LogP contribution in [0.5, 0.6) is 0 Å². The molecule has 0 rings (SSSR count). The van der Waals surface area contributed by atoms with Crippen LogP contribution in [-0.4, -0.2) is 0 Å². The van der Waals surface area contributed by atoms with Crippen LogP contribution in [0.15, 0.2) is 0 Å². The summed E-state index contributed by atoms with van der Waals surface area (Å²) in [5.74, 6) is 0. The molecule has 0 aliphatic rings. The van der Waals surface area contributed by atoms with Gasteiger partial charge in [-0.2, -0.15) is 0 Å². The van der Waals surface area contributed by atoms with Crippen molar-refractivity contribution in [2.45, 2.75) is 30.1 Å². The number of hydrogen-bond acceptors (Lipinski definition) is 0. The zero-order chi connectivity index (χ0) is 5.70. The topological polar surface area (TPSA) is 0 Å². The minimum atomic E-state index is -0.816. The monoisotopic (exact) mass is 308 g/mol. The molecule has 0 saturated heterocycles. The molecule has 0 N–H and O–H groups in total. The van der Waals surface area contributed by atoms with Gasteiger partial charge in [-0.1, -0.05) is 0 Å². The van der Waals surface area contributed by atoms with E-state index >= 15 is 0 Å². The van der Waals surface area contributed by atoms with E-state index in [0.717, 1.165) is 3.43 Å². The van der Waals surface area contributed by atoms with E-state index in [2.05, 4.69) is 13.8 Å².